The second kappa shape index (κ2) is 9.33. The molecule has 0 bridgehead atoms. The first-order valence-electron chi connectivity index (χ1n) is 8.67. The van der Waals surface area contributed by atoms with Crippen LogP contribution in [0.2, 0.25) is 0 Å². The molecule has 0 radical (unpaired) electrons. The standard InChI is InChI=1S/C21H29NO2/c1-21(2,3)18-10-12-20(13-11-18)24-17-15-22-14-7-16-23-19-8-5-4-6-9-19/h4-6,8-13,22H,7,14-17H2,1-3H3. The molecule has 2 aromatic carbocycles. The Bertz CT molecular complexity index is 573. The molecule has 130 valence electrons. The fourth-order valence-corrected chi connectivity index (χ4v) is 2.32. The second-order valence-electron chi connectivity index (χ2n) is 6.89. The summed E-state index contributed by atoms with van der Waals surface area (Å²) < 4.78 is 11.4. The van der Waals surface area contributed by atoms with Crippen LogP contribution in [0, 0.1) is 0 Å². The minimum atomic E-state index is 0.182. The predicted octanol–water partition coefficient (Wildman–Crippen LogP) is 4.42. The maximum atomic E-state index is 5.76. The fraction of sp³-hybridized carbons (Fsp3) is 0.429. The van der Waals surface area contributed by atoms with Gasteiger partial charge in [-0.3, -0.25) is 0 Å². The largest absolute Gasteiger partial charge is 0.494 e. The van der Waals surface area contributed by atoms with Crippen molar-refractivity contribution in [2.45, 2.75) is 32.6 Å². The van der Waals surface area contributed by atoms with E-state index < -0.39 is 0 Å². The monoisotopic (exact) mass is 327 g/mol. The zero-order chi connectivity index (χ0) is 17.3. The van der Waals surface area contributed by atoms with Crippen LogP contribution in [0.3, 0.4) is 0 Å². The van der Waals surface area contributed by atoms with E-state index in [1.165, 1.54) is 5.56 Å². The summed E-state index contributed by atoms with van der Waals surface area (Å²) >= 11 is 0. The summed E-state index contributed by atoms with van der Waals surface area (Å²) in [6, 6.07) is 18.3. The van der Waals surface area contributed by atoms with E-state index in [1.54, 1.807) is 0 Å². The maximum absolute atomic E-state index is 5.76. The summed E-state index contributed by atoms with van der Waals surface area (Å²) in [5, 5.41) is 3.37. The Hall–Kier alpha value is -2.00. The topological polar surface area (TPSA) is 30.5 Å². The van der Waals surface area contributed by atoms with Gasteiger partial charge in [0.15, 0.2) is 0 Å². The molecule has 0 heterocycles. The van der Waals surface area contributed by atoms with Crippen LogP contribution >= 0.6 is 0 Å². The third-order valence-electron chi connectivity index (χ3n) is 3.78. The van der Waals surface area contributed by atoms with Crippen LogP contribution in [0.4, 0.5) is 0 Å². The Kier molecular flexibility index (Phi) is 7.13. The van der Waals surface area contributed by atoms with Crippen LogP contribution in [0.5, 0.6) is 11.5 Å². The van der Waals surface area contributed by atoms with Crippen molar-refractivity contribution < 1.29 is 9.47 Å². The van der Waals surface area contributed by atoms with E-state index >= 15 is 0 Å². The van der Waals surface area contributed by atoms with Crippen LogP contribution in [-0.4, -0.2) is 26.3 Å². The number of para-hydroxylation sites is 1. The first-order valence-corrected chi connectivity index (χ1v) is 8.67. The Morgan fingerprint density at radius 2 is 1.38 bits per heavy atom. The van der Waals surface area contributed by atoms with Crippen LogP contribution in [0.15, 0.2) is 54.6 Å². The first-order chi connectivity index (χ1) is 11.6. The van der Waals surface area contributed by atoms with Gasteiger partial charge in [-0.25, -0.2) is 0 Å². The van der Waals surface area contributed by atoms with Gasteiger partial charge in [0.1, 0.15) is 18.1 Å². The highest BCUT2D eigenvalue weighted by atomic mass is 16.5. The van der Waals surface area contributed by atoms with Gasteiger partial charge in [0, 0.05) is 6.54 Å². The Morgan fingerprint density at radius 1 is 0.750 bits per heavy atom. The van der Waals surface area contributed by atoms with Gasteiger partial charge in [-0.2, -0.15) is 0 Å². The lowest BCUT2D eigenvalue weighted by atomic mass is 9.87. The SMILES string of the molecule is CC(C)(C)c1ccc(OCCNCCCOc2ccccc2)cc1. The van der Waals surface area contributed by atoms with Crippen molar-refractivity contribution in [2.24, 2.45) is 0 Å². The van der Waals surface area contributed by atoms with Gasteiger partial charge in [0.2, 0.25) is 0 Å². The van der Waals surface area contributed by atoms with Crippen LogP contribution in [0.1, 0.15) is 32.8 Å². The molecule has 0 spiro atoms. The summed E-state index contributed by atoms with van der Waals surface area (Å²) in [5.41, 5.74) is 1.51. The lowest BCUT2D eigenvalue weighted by Gasteiger charge is -2.19. The lowest BCUT2D eigenvalue weighted by molar-refractivity contribution is 0.294. The molecule has 0 saturated carbocycles. The van der Waals surface area contributed by atoms with Crippen molar-refractivity contribution in [1.29, 1.82) is 0 Å². The number of rotatable bonds is 9. The molecule has 0 unspecified atom stereocenters. The molecule has 0 amide bonds. The molecule has 0 atom stereocenters. The number of hydrogen-bond donors (Lipinski definition) is 1. The molecular formula is C21H29NO2. The normalized spacial score (nSPS) is 11.3. The predicted molar refractivity (Wildman–Crippen MR) is 100 cm³/mol. The van der Waals surface area contributed by atoms with E-state index in [1.807, 2.05) is 42.5 Å². The number of ether oxygens (including phenoxy) is 2. The van der Waals surface area contributed by atoms with E-state index in [-0.39, 0.29) is 5.41 Å². The summed E-state index contributed by atoms with van der Waals surface area (Å²) in [4.78, 5) is 0. The Labute approximate surface area is 146 Å². The van der Waals surface area contributed by atoms with Gasteiger partial charge >= 0.3 is 0 Å². The third-order valence-corrected chi connectivity index (χ3v) is 3.78. The molecule has 0 saturated heterocycles. The maximum Gasteiger partial charge on any atom is 0.119 e. The van der Waals surface area contributed by atoms with E-state index in [2.05, 4.69) is 38.2 Å². The summed E-state index contributed by atoms with van der Waals surface area (Å²) in [7, 11) is 0. The van der Waals surface area contributed by atoms with E-state index in [0.29, 0.717) is 6.61 Å². The van der Waals surface area contributed by atoms with Crippen molar-refractivity contribution in [3.05, 3.63) is 60.2 Å². The Morgan fingerprint density at radius 3 is 2.04 bits per heavy atom. The van der Waals surface area contributed by atoms with Gasteiger partial charge in [-0.1, -0.05) is 51.1 Å². The number of benzene rings is 2. The summed E-state index contributed by atoms with van der Waals surface area (Å²) in [5.74, 6) is 1.86. The van der Waals surface area contributed by atoms with E-state index in [0.717, 1.165) is 37.6 Å². The third kappa shape index (κ3) is 6.63. The number of hydrogen-bond acceptors (Lipinski definition) is 3. The lowest BCUT2D eigenvalue weighted by Crippen LogP contribution is -2.23. The highest BCUT2D eigenvalue weighted by Crippen LogP contribution is 2.24. The minimum absolute atomic E-state index is 0.182. The van der Waals surface area contributed by atoms with Gasteiger partial charge in [0.05, 0.1) is 6.61 Å². The van der Waals surface area contributed by atoms with Crippen LogP contribution < -0.4 is 14.8 Å². The van der Waals surface area contributed by atoms with Crippen molar-refractivity contribution in [3.8, 4) is 11.5 Å². The highest BCUT2D eigenvalue weighted by molar-refractivity contribution is 5.31. The first kappa shape index (κ1) is 18.3. The van der Waals surface area contributed by atoms with E-state index in [4.69, 9.17) is 9.47 Å². The molecule has 3 heteroatoms. The van der Waals surface area contributed by atoms with Crippen LogP contribution in [-0.2, 0) is 5.41 Å². The van der Waals surface area contributed by atoms with Crippen LogP contribution in [0.25, 0.3) is 0 Å². The summed E-state index contributed by atoms with van der Waals surface area (Å²) in [6.45, 7) is 9.82. The quantitative estimate of drug-likeness (QED) is 0.692. The zero-order valence-corrected chi connectivity index (χ0v) is 15.0. The number of nitrogens with one attached hydrogen (secondary N) is 1. The molecule has 0 aliphatic rings. The van der Waals surface area contributed by atoms with Crippen molar-refractivity contribution in [3.63, 3.8) is 0 Å². The average molecular weight is 327 g/mol. The van der Waals surface area contributed by atoms with E-state index in [9.17, 15) is 0 Å². The highest BCUT2D eigenvalue weighted by Gasteiger charge is 2.12. The fourth-order valence-electron chi connectivity index (χ4n) is 2.32. The van der Waals surface area contributed by atoms with Crippen molar-refractivity contribution >= 4 is 0 Å². The van der Waals surface area contributed by atoms with Crippen molar-refractivity contribution in [2.75, 3.05) is 26.3 Å². The van der Waals surface area contributed by atoms with Gasteiger partial charge < -0.3 is 14.8 Å². The minimum Gasteiger partial charge on any atom is -0.494 e. The smallest absolute Gasteiger partial charge is 0.119 e. The molecule has 24 heavy (non-hydrogen) atoms. The molecular weight excluding hydrogens is 298 g/mol. The molecule has 2 rings (SSSR count). The molecule has 1 N–H and O–H groups in total. The summed E-state index contributed by atoms with van der Waals surface area (Å²) in [6.07, 6.45) is 0.981. The molecule has 0 aliphatic carbocycles. The second-order valence-corrected chi connectivity index (χ2v) is 6.89. The van der Waals surface area contributed by atoms with Gasteiger partial charge in [-0.05, 0) is 48.2 Å². The average Bonchev–Trinajstić information content (AvgIpc) is 2.58. The molecule has 2 aromatic rings. The molecule has 0 aromatic heterocycles. The molecule has 3 nitrogen and oxygen atoms in total. The zero-order valence-electron chi connectivity index (χ0n) is 15.0. The van der Waals surface area contributed by atoms with Crippen molar-refractivity contribution in [1.82, 2.24) is 5.32 Å². The molecule has 0 fully saturated rings. The van der Waals surface area contributed by atoms with Gasteiger partial charge in [-0.15, -0.1) is 0 Å². The van der Waals surface area contributed by atoms with Gasteiger partial charge in [0.25, 0.3) is 0 Å². The Balaban J connectivity index is 1.52. The molecule has 0 aliphatic heterocycles.